The van der Waals surface area contributed by atoms with E-state index in [-0.39, 0.29) is 42.2 Å². The summed E-state index contributed by atoms with van der Waals surface area (Å²) in [6.45, 7) is 7.82. The van der Waals surface area contributed by atoms with Gasteiger partial charge in [0.25, 0.3) is 0 Å². The van der Waals surface area contributed by atoms with Crippen molar-refractivity contribution in [3.63, 3.8) is 0 Å². The lowest BCUT2D eigenvalue weighted by atomic mass is 9.96. The Bertz CT molecular complexity index is 652. The average Bonchev–Trinajstić information content (AvgIpc) is 2.98. The zero-order valence-corrected chi connectivity index (χ0v) is 15.3. The molecule has 6 nitrogen and oxygen atoms in total. The number of carbonyl (C=O) groups is 1. The first-order chi connectivity index (χ1) is 10.8. The third kappa shape index (κ3) is 5.32. The summed E-state index contributed by atoms with van der Waals surface area (Å²) in [5.41, 5.74) is 6.80. The molecule has 2 aromatic rings. The molecule has 0 saturated heterocycles. The van der Waals surface area contributed by atoms with Crippen molar-refractivity contribution < 1.29 is 9.32 Å². The number of nitrogens with zero attached hydrogens (tertiary/aromatic N) is 2. The number of benzene rings is 1. The van der Waals surface area contributed by atoms with Crippen molar-refractivity contribution in [3.05, 3.63) is 47.6 Å². The van der Waals surface area contributed by atoms with Gasteiger partial charge in [-0.25, -0.2) is 0 Å². The molecule has 0 aliphatic carbocycles. The molecule has 1 aromatic heterocycles. The third-order valence-electron chi connectivity index (χ3n) is 3.49. The predicted octanol–water partition coefficient (Wildman–Crippen LogP) is 3.06. The van der Waals surface area contributed by atoms with Crippen LogP contribution in [0.15, 0.2) is 34.9 Å². The first-order valence-corrected chi connectivity index (χ1v) is 7.71. The van der Waals surface area contributed by atoms with Crippen LogP contribution in [0.5, 0.6) is 0 Å². The van der Waals surface area contributed by atoms with Crippen molar-refractivity contribution in [1.82, 2.24) is 15.5 Å². The highest BCUT2D eigenvalue weighted by atomic mass is 35.5. The standard InChI is InChI=1S/C17H24N4O2.ClH/c1-11(15-20-16(21-23-15)17(2,3)4)19-14(22)10-13(18)12-8-6-5-7-9-12;/h5-9,11,13H,10,18H2,1-4H3,(H,19,22);1H. The maximum absolute atomic E-state index is 12.1. The van der Waals surface area contributed by atoms with Gasteiger partial charge in [-0.05, 0) is 12.5 Å². The summed E-state index contributed by atoms with van der Waals surface area (Å²) in [5.74, 6) is 0.871. The van der Waals surface area contributed by atoms with E-state index in [1.165, 1.54) is 0 Å². The fraction of sp³-hybridized carbons (Fsp3) is 0.471. The summed E-state index contributed by atoms with van der Waals surface area (Å²) >= 11 is 0. The van der Waals surface area contributed by atoms with Gasteiger partial charge in [0, 0.05) is 17.9 Å². The zero-order chi connectivity index (χ0) is 17.0. The Morgan fingerprint density at radius 2 is 1.92 bits per heavy atom. The summed E-state index contributed by atoms with van der Waals surface area (Å²) < 4.78 is 5.24. The fourth-order valence-corrected chi connectivity index (χ4v) is 2.10. The summed E-state index contributed by atoms with van der Waals surface area (Å²) in [7, 11) is 0. The van der Waals surface area contributed by atoms with Gasteiger partial charge in [-0.3, -0.25) is 4.79 Å². The van der Waals surface area contributed by atoms with E-state index in [0.717, 1.165) is 5.56 Å². The lowest BCUT2D eigenvalue weighted by Gasteiger charge is -2.14. The Morgan fingerprint density at radius 3 is 2.46 bits per heavy atom. The Hall–Kier alpha value is -1.92. The van der Waals surface area contributed by atoms with Gasteiger partial charge in [-0.1, -0.05) is 56.3 Å². The molecule has 7 heteroatoms. The van der Waals surface area contributed by atoms with Crippen LogP contribution in [-0.4, -0.2) is 16.0 Å². The number of halogens is 1. The molecule has 0 aliphatic heterocycles. The maximum Gasteiger partial charge on any atom is 0.248 e. The molecule has 0 bridgehead atoms. The molecule has 0 fully saturated rings. The van der Waals surface area contributed by atoms with E-state index in [1.807, 2.05) is 58.0 Å². The van der Waals surface area contributed by atoms with Crippen molar-refractivity contribution in [2.45, 2.75) is 51.6 Å². The van der Waals surface area contributed by atoms with Crippen molar-refractivity contribution in [1.29, 1.82) is 0 Å². The van der Waals surface area contributed by atoms with Crippen LogP contribution in [0.4, 0.5) is 0 Å². The summed E-state index contributed by atoms with van der Waals surface area (Å²) in [4.78, 5) is 16.5. The second kappa shape index (κ2) is 8.26. The van der Waals surface area contributed by atoms with E-state index in [2.05, 4.69) is 15.5 Å². The van der Waals surface area contributed by atoms with Gasteiger partial charge in [-0.2, -0.15) is 4.98 Å². The van der Waals surface area contributed by atoms with Crippen LogP contribution in [-0.2, 0) is 10.2 Å². The fourth-order valence-electron chi connectivity index (χ4n) is 2.10. The highest BCUT2D eigenvalue weighted by molar-refractivity contribution is 5.85. The van der Waals surface area contributed by atoms with Crippen LogP contribution in [0.3, 0.4) is 0 Å². The van der Waals surface area contributed by atoms with Gasteiger partial charge < -0.3 is 15.6 Å². The normalized spacial score (nSPS) is 13.7. The molecule has 1 amide bonds. The van der Waals surface area contributed by atoms with Crippen LogP contribution >= 0.6 is 12.4 Å². The smallest absolute Gasteiger partial charge is 0.248 e. The molecule has 1 heterocycles. The number of hydrogen-bond donors (Lipinski definition) is 2. The second-order valence-corrected chi connectivity index (χ2v) is 6.72. The average molecular weight is 353 g/mol. The number of hydrogen-bond acceptors (Lipinski definition) is 5. The van der Waals surface area contributed by atoms with Crippen LogP contribution in [0.2, 0.25) is 0 Å². The molecule has 0 radical (unpaired) electrons. The van der Waals surface area contributed by atoms with E-state index in [1.54, 1.807) is 0 Å². The number of aromatic nitrogens is 2. The van der Waals surface area contributed by atoms with Crippen LogP contribution in [0.1, 0.15) is 63.5 Å². The number of nitrogens with one attached hydrogen (secondary N) is 1. The van der Waals surface area contributed by atoms with Gasteiger partial charge in [-0.15, -0.1) is 12.4 Å². The Morgan fingerprint density at radius 1 is 1.29 bits per heavy atom. The molecular weight excluding hydrogens is 328 g/mol. The molecule has 1 aromatic carbocycles. The quantitative estimate of drug-likeness (QED) is 0.862. The molecule has 0 spiro atoms. The van der Waals surface area contributed by atoms with E-state index < -0.39 is 0 Å². The van der Waals surface area contributed by atoms with Gasteiger partial charge in [0.1, 0.15) is 6.04 Å². The summed E-state index contributed by atoms with van der Waals surface area (Å²) in [6.07, 6.45) is 0.203. The monoisotopic (exact) mass is 352 g/mol. The third-order valence-corrected chi connectivity index (χ3v) is 3.49. The van der Waals surface area contributed by atoms with Gasteiger partial charge >= 0.3 is 0 Å². The number of carbonyl (C=O) groups excluding carboxylic acids is 1. The highest BCUT2D eigenvalue weighted by Crippen LogP contribution is 2.21. The van der Waals surface area contributed by atoms with E-state index >= 15 is 0 Å². The molecule has 0 saturated carbocycles. The van der Waals surface area contributed by atoms with E-state index in [9.17, 15) is 4.79 Å². The van der Waals surface area contributed by atoms with Gasteiger partial charge in [0.2, 0.25) is 11.8 Å². The van der Waals surface area contributed by atoms with Crippen molar-refractivity contribution in [3.8, 4) is 0 Å². The first kappa shape index (κ1) is 20.1. The molecule has 2 rings (SSSR count). The Kier molecular flexibility index (Phi) is 6.93. The van der Waals surface area contributed by atoms with Gasteiger partial charge in [0.05, 0.1) is 0 Å². The molecular formula is C17H25ClN4O2. The van der Waals surface area contributed by atoms with Crippen LogP contribution in [0.25, 0.3) is 0 Å². The highest BCUT2D eigenvalue weighted by Gasteiger charge is 2.24. The van der Waals surface area contributed by atoms with Crippen molar-refractivity contribution in [2.75, 3.05) is 0 Å². The minimum Gasteiger partial charge on any atom is -0.345 e. The lowest BCUT2D eigenvalue weighted by Crippen LogP contribution is -2.30. The number of rotatable bonds is 5. The van der Waals surface area contributed by atoms with Crippen LogP contribution < -0.4 is 11.1 Å². The van der Waals surface area contributed by atoms with E-state index in [4.69, 9.17) is 10.3 Å². The first-order valence-electron chi connectivity index (χ1n) is 7.71. The van der Waals surface area contributed by atoms with Crippen LogP contribution in [0, 0.1) is 0 Å². The zero-order valence-electron chi connectivity index (χ0n) is 14.4. The molecule has 2 unspecified atom stereocenters. The minimum absolute atomic E-state index is 0. The second-order valence-electron chi connectivity index (χ2n) is 6.72. The van der Waals surface area contributed by atoms with Crippen molar-refractivity contribution >= 4 is 18.3 Å². The lowest BCUT2D eigenvalue weighted by molar-refractivity contribution is -0.122. The van der Waals surface area contributed by atoms with Crippen molar-refractivity contribution in [2.24, 2.45) is 5.73 Å². The predicted molar refractivity (Wildman–Crippen MR) is 94.8 cm³/mol. The molecule has 0 aliphatic rings. The molecule has 2 atom stereocenters. The molecule has 3 N–H and O–H groups in total. The number of amides is 1. The SMILES string of the molecule is CC(NC(=O)CC(N)c1ccccc1)c1nc(C(C)(C)C)no1.Cl. The molecule has 24 heavy (non-hydrogen) atoms. The van der Waals surface area contributed by atoms with E-state index in [0.29, 0.717) is 11.7 Å². The minimum atomic E-state index is -0.353. The summed E-state index contributed by atoms with van der Waals surface area (Å²) in [5, 5.41) is 6.81. The Labute approximate surface area is 148 Å². The van der Waals surface area contributed by atoms with Gasteiger partial charge in [0.15, 0.2) is 5.82 Å². The largest absolute Gasteiger partial charge is 0.345 e. The maximum atomic E-state index is 12.1. The molecule has 132 valence electrons. The Balaban J connectivity index is 0.00000288. The summed E-state index contributed by atoms with van der Waals surface area (Å²) in [6, 6.07) is 8.86. The number of nitrogens with two attached hydrogens (primary N) is 1. The topological polar surface area (TPSA) is 94.0 Å².